The average Bonchev–Trinajstić information content (AvgIpc) is 2.22. The predicted octanol–water partition coefficient (Wildman–Crippen LogP) is 2.20. The fourth-order valence-corrected chi connectivity index (χ4v) is 1.47. The lowest BCUT2D eigenvalue weighted by Crippen LogP contribution is -2.33. The second-order valence-electron chi connectivity index (χ2n) is 3.32. The van der Waals surface area contributed by atoms with Crippen molar-refractivity contribution in [3.8, 4) is 0 Å². The number of benzene rings is 1. The van der Waals surface area contributed by atoms with Gasteiger partial charge in [-0.2, -0.15) is 0 Å². The molecule has 0 aliphatic heterocycles. The van der Waals surface area contributed by atoms with E-state index in [2.05, 4.69) is 10.5 Å². The van der Waals surface area contributed by atoms with Gasteiger partial charge in [0.2, 0.25) is 0 Å². The summed E-state index contributed by atoms with van der Waals surface area (Å²) >= 11 is 6.02. The molecule has 1 atom stereocenters. The van der Waals surface area contributed by atoms with Crippen molar-refractivity contribution >= 4 is 23.1 Å². The van der Waals surface area contributed by atoms with Gasteiger partial charge in [-0.05, 0) is 25.5 Å². The minimum atomic E-state index is -0.270. The molecule has 0 spiro atoms. The molecule has 1 aromatic rings. The summed E-state index contributed by atoms with van der Waals surface area (Å²) in [4.78, 5) is 0. The van der Waals surface area contributed by atoms with Gasteiger partial charge in [0.25, 0.3) is 0 Å². The third-order valence-electron chi connectivity index (χ3n) is 2.14. The summed E-state index contributed by atoms with van der Waals surface area (Å²) < 4.78 is 0. The molecule has 82 valence electrons. The van der Waals surface area contributed by atoms with Crippen LogP contribution in [-0.2, 0) is 0 Å². The van der Waals surface area contributed by atoms with Crippen molar-refractivity contribution in [2.75, 3.05) is 5.32 Å². The average molecular weight is 228 g/mol. The van der Waals surface area contributed by atoms with Gasteiger partial charge in [0.1, 0.15) is 0 Å². The molecule has 0 saturated carbocycles. The van der Waals surface area contributed by atoms with Crippen LogP contribution in [-0.4, -0.2) is 17.1 Å². The SMILES string of the molecule is Cc1cccc(Cl)c1NC(C)C(N)=NO. The van der Waals surface area contributed by atoms with E-state index in [1.165, 1.54) is 0 Å². The van der Waals surface area contributed by atoms with Crippen LogP contribution in [0.1, 0.15) is 12.5 Å². The number of oxime groups is 1. The van der Waals surface area contributed by atoms with Gasteiger partial charge in [-0.3, -0.25) is 0 Å². The molecule has 15 heavy (non-hydrogen) atoms. The lowest BCUT2D eigenvalue weighted by atomic mass is 10.2. The Morgan fingerprint density at radius 3 is 2.80 bits per heavy atom. The van der Waals surface area contributed by atoms with Crippen LogP contribution >= 0.6 is 11.6 Å². The van der Waals surface area contributed by atoms with Crippen LogP contribution in [0.15, 0.2) is 23.4 Å². The molecule has 1 aromatic carbocycles. The molecular weight excluding hydrogens is 214 g/mol. The van der Waals surface area contributed by atoms with E-state index in [-0.39, 0.29) is 11.9 Å². The summed E-state index contributed by atoms with van der Waals surface area (Å²) in [5, 5.41) is 15.1. The Balaban J connectivity index is 2.90. The maximum absolute atomic E-state index is 8.51. The number of hydrogen-bond acceptors (Lipinski definition) is 3. The Bertz CT molecular complexity index is 359. The van der Waals surface area contributed by atoms with Crippen molar-refractivity contribution in [1.82, 2.24) is 0 Å². The summed E-state index contributed by atoms with van der Waals surface area (Å²) in [5.41, 5.74) is 7.28. The van der Waals surface area contributed by atoms with Gasteiger partial charge in [0.05, 0.1) is 16.8 Å². The van der Waals surface area contributed by atoms with E-state index >= 15 is 0 Å². The topological polar surface area (TPSA) is 70.6 Å². The van der Waals surface area contributed by atoms with Crippen LogP contribution in [0.4, 0.5) is 5.69 Å². The van der Waals surface area contributed by atoms with Crippen molar-refractivity contribution in [2.24, 2.45) is 10.9 Å². The number of anilines is 1. The van der Waals surface area contributed by atoms with Crippen LogP contribution in [0.2, 0.25) is 5.02 Å². The zero-order valence-electron chi connectivity index (χ0n) is 8.66. The van der Waals surface area contributed by atoms with Crippen molar-refractivity contribution in [1.29, 1.82) is 0 Å². The Labute approximate surface area is 93.7 Å². The first kappa shape index (κ1) is 11.7. The molecule has 0 aliphatic carbocycles. The summed E-state index contributed by atoms with van der Waals surface area (Å²) in [6.07, 6.45) is 0. The Morgan fingerprint density at radius 1 is 1.60 bits per heavy atom. The Kier molecular flexibility index (Phi) is 3.80. The molecule has 1 rings (SSSR count). The zero-order valence-corrected chi connectivity index (χ0v) is 9.42. The van der Waals surface area contributed by atoms with Crippen LogP contribution in [0, 0.1) is 6.92 Å². The van der Waals surface area contributed by atoms with Crippen LogP contribution in [0.3, 0.4) is 0 Å². The summed E-state index contributed by atoms with van der Waals surface area (Å²) in [6.45, 7) is 3.73. The van der Waals surface area contributed by atoms with Crippen molar-refractivity contribution < 1.29 is 5.21 Å². The van der Waals surface area contributed by atoms with E-state index in [0.29, 0.717) is 5.02 Å². The number of nitrogens with zero attached hydrogens (tertiary/aromatic N) is 1. The molecule has 0 aliphatic rings. The van der Waals surface area contributed by atoms with Crippen molar-refractivity contribution in [2.45, 2.75) is 19.9 Å². The third kappa shape index (κ3) is 2.76. The van der Waals surface area contributed by atoms with E-state index in [1.54, 1.807) is 13.0 Å². The first-order valence-electron chi connectivity index (χ1n) is 4.55. The molecule has 0 amide bonds. The van der Waals surface area contributed by atoms with Crippen molar-refractivity contribution in [3.05, 3.63) is 28.8 Å². The standard InChI is InChI=1S/C10H14ClN3O/c1-6-4-3-5-8(11)9(6)13-7(2)10(12)14-15/h3-5,7,13,15H,1-2H3,(H2,12,14). The molecule has 0 aromatic heterocycles. The number of rotatable bonds is 3. The number of halogens is 1. The minimum absolute atomic E-state index is 0.120. The van der Waals surface area contributed by atoms with E-state index in [0.717, 1.165) is 11.3 Å². The fraction of sp³-hybridized carbons (Fsp3) is 0.300. The van der Waals surface area contributed by atoms with E-state index < -0.39 is 0 Å². The highest BCUT2D eigenvalue weighted by atomic mass is 35.5. The summed E-state index contributed by atoms with van der Waals surface area (Å²) in [6, 6.07) is 5.33. The number of amidine groups is 1. The molecule has 0 fully saturated rings. The number of nitrogens with one attached hydrogen (secondary N) is 1. The molecule has 4 N–H and O–H groups in total. The molecular formula is C10H14ClN3O. The lowest BCUT2D eigenvalue weighted by molar-refractivity contribution is 0.316. The van der Waals surface area contributed by atoms with E-state index in [1.807, 2.05) is 19.1 Å². The second kappa shape index (κ2) is 4.89. The highest BCUT2D eigenvalue weighted by Crippen LogP contribution is 2.25. The molecule has 1 unspecified atom stereocenters. The third-order valence-corrected chi connectivity index (χ3v) is 2.46. The largest absolute Gasteiger partial charge is 0.409 e. The molecule has 5 heteroatoms. The molecule has 0 radical (unpaired) electrons. The Hall–Kier alpha value is -1.42. The first-order chi connectivity index (χ1) is 7.06. The zero-order chi connectivity index (χ0) is 11.4. The summed E-state index contributed by atoms with van der Waals surface area (Å²) in [5.74, 6) is 0.120. The van der Waals surface area contributed by atoms with Gasteiger partial charge in [0, 0.05) is 0 Å². The highest BCUT2D eigenvalue weighted by Gasteiger charge is 2.10. The lowest BCUT2D eigenvalue weighted by Gasteiger charge is -2.16. The van der Waals surface area contributed by atoms with Crippen LogP contribution in [0.5, 0.6) is 0 Å². The van der Waals surface area contributed by atoms with Crippen molar-refractivity contribution in [3.63, 3.8) is 0 Å². The Morgan fingerprint density at radius 2 is 2.27 bits per heavy atom. The number of para-hydroxylation sites is 1. The van der Waals surface area contributed by atoms with Gasteiger partial charge in [-0.15, -0.1) is 0 Å². The first-order valence-corrected chi connectivity index (χ1v) is 4.93. The number of hydrogen-bond donors (Lipinski definition) is 3. The second-order valence-corrected chi connectivity index (χ2v) is 3.73. The maximum atomic E-state index is 8.51. The summed E-state index contributed by atoms with van der Waals surface area (Å²) in [7, 11) is 0. The number of aryl methyl sites for hydroxylation is 1. The van der Waals surface area contributed by atoms with Crippen LogP contribution in [0.25, 0.3) is 0 Å². The van der Waals surface area contributed by atoms with E-state index in [4.69, 9.17) is 22.5 Å². The highest BCUT2D eigenvalue weighted by molar-refractivity contribution is 6.33. The molecule has 0 saturated heterocycles. The monoisotopic (exact) mass is 227 g/mol. The number of nitrogens with two attached hydrogens (primary N) is 1. The normalized spacial score (nSPS) is 13.7. The van der Waals surface area contributed by atoms with Crippen LogP contribution < -0.4 is 11.1 Å². The van der Waals surface area contributed by atoms with Gasteiger partial charge >= 0.3 is 0 Å². The molecule has 0 heterocycles. The van der Waals surface area contributed by atoms with E-state index in [9.17, 15) is 0 Å². The van der Waals surface area contributed by atoms with Gasteiger partial charge < -0.3 is 16.3 Å². The van der Waals surface area contributed by atoms with Gasteiger partial charge in [-0.1, -0.05) is 28.9 Å². The predicted molar refractivity (Wildman–Crippen MR) is 62.7 cm³/mol. The molecule has 4 nitrogen and oxygen atoms in total. The van der Waals surface area contributed by atoms with Gasteiger partial charge in [-0.25, -0.2) is 0 Å². The fourth-order valence-electron chi connectivity index (χ4n) is 1.19. The molecule has 0 bridgehead atoms. The van der Waals surface area contributed by atoms with Gasteiger partial charge in [0.15, 0.2) is 5.84 Å². The quantitative estimate of drug-likeness (QED) is 0.321. The maximum Gasteiger partial charge on any atom is 0.161 e. The smallest absolute Gasteiger partial charge is 0.161 e. The minimum Gasteiger partial charge on any atom is -0.409 e.